The van der Waals surface area contributed by atoms with Gasteiger partial charge in [-0.3, -0.25) is 4.90 Å². The quantitative estimate of drug-likeness (QED) is 0.547. The predicted octanol–water partition coefficient (Wildman–Crippen LogP) is 1.78. The average Bonchev–Trinajstić information content (AvgIpc) is 2.36. The average molecular weight is 152 g/mol. The van der Waals surface area contributed by atoms with Crippen LogP contribution in [0.15, 0.2) is 0 Å². The maximum Gasteiger partial charge on any atom is 0.230 e. The van der Waals surface area contributed by atoms with Gasteiger partial charge in [-0.15, -0.1) is 0 Å². The van der Waals surface area contributed by atoms with Gasteiger partial charge in [0.25, 0.3) is 0 Å². The van der Waals surface area contributed by atoms with Gasteiger partial charge in [-0.05, 0) is 33.2 Å². The molecular formula is C9H16N2. The smallest absolute Gasteiger partial charge is 0.230 e. The molecule has 0 aromatic carbocycles. The Balaban J connectivity index is 2.45. The van der Waals surface area contributed by atoms with Crippen LogP contribution in [0.2, 0.25) is 0 Å². The number of hydrogen-bond donors (Lipinski definition) is 0. The van der Waals surface area contributed by atoms with E-state index in [1.54, 1.807) is 0 Å². The third kappa shape index (κ3) is 1.94. The molecule has 0 radical (unpaired) electrons. The molecule has 0 saturated carbocycles. The standard InChI is InChI=1S/C9H16N2/c1-8(2)11-6-4-5-9(11)7-10-3/h8-9H,4-7H2,1-2H3. The van der Waals surface area contributed by atoms with E-state index in [9.17, 15) is 0 Å². The molecule has 0 bridgehead atoms. The minimum atomic E-state index is 0.549. The maximum atomic E-state index is 6.80. The van der Waals surface area contributed by atoms with Crippen molar-refractivity contribution in [2.75, 3.05) is 13.1 Å². The number of rotatable bonds is 2. The van der Waals surface area contributed by atoms with Crippen molar-refractivity contribution in [3.63, 3.8) is 0 Å². The van der Waals surface area contributed by atoms with E-state index >= 15 is 0 Å². The van der Waals surface area contributed by atoms with Crippen molar-refractivity contribution in [2.45, 2.75) is 38.8 Å². The Hall–Kier alpha value is -0.550. The molecule has 1 fully saturated rings. The lowest BCUT2D eigenvalue weighted by Gasteiger charge is -2.24. The van der Waals surface area contributed by atoms with Gasteiger partial charge in [0, 0.05) is 6.04 Å². The summed E-state index contributed by atoms with van der Waals surface area (Å²) in [7, 11) is 0. The second-order valence-corrected chi connectivity index (χ2v) is 3.47. The molecule has 0 spiro atoms. The molecule has 1 aliphatic heterocycles. The first-order chi connectivity index (χ1) is 5.25. The highest BCUT2D eigenvalue weighted by Crippen LogP contribution is 2.19. The Kier molecular flexibility index (Phi) is 2.90. The van der Waals surface area contributed by atoms with Crippen LogP contribution in [-0.2, 0) is 0 Å². The number of nitrogens with zero attached hydrogens (tertiary/aromatic N) is 2. The molecular weight excluding hydrogens is 136 g/mol. The van der Waals surface area contributed by atoms with E-state index < -0.39 is 0 Å². The van der Waals surface area contributed by atoms with Gasteiger partial charge in [0.2, 0.25) is 6.54 Å². The molecule has 1 heterocycles. The fraction of sp³-hybridized carbons (Fsp3) is 0.889. The van der Waals surface area contributed by atoms with E-state index in [0.29, 0.717) is 18.6 Å². The fourth-order valence-corrected chi connectivity index (χ4v) is 1.84. The highest BCUT2D eigenvalue weighted by molar-refractivity contribution is 4.86. The Morgan fingerprint density at radius 3 is 2.91 bits per heavy atom. The Morgan fingerprint density at radius 1 is 1.64 bits per heavy atom. The largest absolute Gasteiger partial charge is 0.315 e. The number of likely N-dealkylation sites (tertiary alicyclic amines) is 1. The Bertz CT molecular complexity index is 157. The highest BCUT2D eigenvalue weighted by atomic mass is 15.2. The van der Waals surface area contributed by atoms with Crippen LogP contribution >= 0.6 is 0 Å². The van der Waals surface area contributed by atoms with Crippen molar-refractivity contribution in [1.82, 2.24) is 4.90 Å². The van der Waals surface area contributed by atoms with Gasteiger partial charge in [-0.25, -0.2) is 6.57 Å². The minimum absolute atomic E-state index is 0.549. The Labute approximate surface area is 69.0 Å². The molecule has 0 amide bonds. The van der Waals surface area contributed by atoms with E-state index in [2.05, 4.69) is 23.6 Å². The molecule has 0 aromatic heterocycles. The van der Waals surface area contributed by atoms with Crippen molar-refractivity contribution in [3.8, 4) is 0 Å². The third-order valence-corrected chi connectivity index (χ3v) is 2.39. The summed E-state index contributed by atoms with van der Waals surface area (Å²) in [6.45, 7) is 13.1. The first kappa shape index (κ1) is 8.55. The van der Waals surface area contributed by atoms with Gasteiger partial charge >= 0.3 is 0 Å². The maximum absolute atomic E-state index is 6.80. The molecule has 2 heteroatoms. The predicted molar refractivity (Wildman–Crippen MR) is 46.3 cm³/mol. The summed E-state index contributed by atoms with van der Waals surface area (Å²) in [5, 5.41) is 0. The summed E-state index contributed by atoms with van der Waals surface area (Å²) in [6, 6.07) is 1.16. The molecule has 0 aromatic rings. The van der Waals surface area contributed by atoms with Crippen LogP contribution in [0.25, 0.3) is 4.85 Å². The molecule has 0 aliphatic carbocycles. The van der Waals surface area contributed by atoms with Gasteiger partial charge in [0.15, 0.2) is 0 Å². The lowest BCUT2D eigenvalue weighted by atomic mass is 10.2. The number of hydrogen-bond acceptors (Lipinski definition) is 1. The summed E-state index contributed by atoms with van der Waals surface area (Å²) in [5.41, 5.74) is 0. The minimum Gasteiger partial charge on any atom is -0.315 e. The highest BCUT2D eigenvalue weighted by Gasteiger charge is 2.28. The van der Waals surface area contributed by atoms with Gasteiger partial charge < -0.3 is 4.85 Å². The molecule has 1 saturated heterocycles. The summed E-state index contributed by atoms with van der Waals surface area (Å²) in [6.07, 6.45) is 2.50. The zero-order valence-corrected chi connectivity index (χ0v) is 7.38. The SMILES string of the molecule is [C-]#[N+]CC1CCCN1C(C)C. The molecule has 11 heavy (non-hydrogen) atoms. The lowest BCUT2D eigenvalue weighted by Crippen LogP contribution is -2.36. The van der Waals surface area contributed by atoms with Crippen LogP contribution in [0.5, 0.6) is 0 Å². The van der Waals surface area contributed by atoms with E-state index in [1.807, 2.05) is 0 Å². The van der Waals surface area contributed by atoms with Gasteiger partial charge in [-0.2, -0.15) is 0 Å². The van der Waals surface area contributed by atoms with E-state index in [0.717, 1.165) is 0 Å². The van der Waals surface area contributed by atoms with Gasteiger partial charge in [-0.1, -0.05) is 0 Å². The van der Waals surface area contributed by atoms with Gasteiger partial charge in [0.1, 0.15) is 0 Å². The molecule has 0 N–H and O–H groups in total. The second kappa shape index (κ2) is 3.73. The lowest BCUT2D eigenvalue weighted by molar-refractivity contribution is 0.214. The van der Waals surface area contributed by atoms with Crippen molar-refractivity contribution >= 4 is 0 Å². The van der Waals surface area contributed by atoms with Crippen molar-refractivity contribution in [3.05, 3.63) is 11.4 Å². The molecule has 2 nitrogen and oxygen atoms in total. The van der Waals surface area contributed by atoms with Crippen molar-refractivity contribution in [1.29, 1.82) is 0 Å². The summed E-state index contributed by atoms with van der Waals surface area (Å²) < 4.78 is 0. The monoisotopic (exact) mass is 152 g/mol. The van der Waals surface area contributed by atoms with Crippen molar-refractivity contribution < 1.29 is 0 Å². The molecule has 62 valence electrons. The van der Waals surface area contributed by atoms with Crippen LogP contribution in [0, 0.1) is 6.57 Å². The van der Waals surface area contributed by atoms with Crippen LogP contribution in [0.1, 0.15) is 26.7 Å². The van der Waals surface area contributed by atoms with Crippen LogP contribution < -0.4 is 0 Å². The van der Waals surface area contributed by atoms with Crippen LogP contribution in [0.3, 0.4) is 0 Å². The molecule has 1 atom stereocenters. The van der Waals surface area contributed by atoms with E-state index in [4.69, 9.17) is 6.57 Å². The van der Waals surface area contributed by atoms with E-state index in [-0.39, 0.29) is 0 Å². The Morgan fingerprint density at radius 2 is 2.36 bits per heavy atom. The van der Waals surface area contributed by atoms with Gasteiger partial charge in [0.05, 0.1) is 6.04 Å². The zero-order chi connectivity index (χ0) is 8.27. The fourth-order valence-electron chi connectivity index (χ4n) is 1.84. The normalized spacial score (nSPS) is 25.8. The molecule has 1 unspecified atom stereocenters. The summed E-state index contributed by atoms with van der Waals surface area (Å²) >= 11 is 0. The third-order valence-electron chi connectivity index (χ3n) is 2.39. The zero-order valence-electron chi connectivity index (χ0n) is 7.38. The second-order valence-electron chi connectivity index (χ2n) is 3.47. The first-order valence-electron chi connectivity index (χ1n) is 4.34. The van der Waals surface area contributed by atoms with Crippen LogP contribution in [-0.4, -0.2) is 30.1 Å². The topological polar surface area (TPSA) is 7.60 Å². The van der Waals surface area contributed by atoms with Crippen molar-refractivity contribution in [2.24, 2.45) is 0 Å². The summed E-state index contributed by atoms with van der Waals surface area (Å²) in [4.78, 5) is 5.90. The molecule has 1 aliphatic rings. The summed E-state index contributed by atoms with van der Waals surface area (Å²) in [5.74, 6) is 0. The first-order valence-corrected chi connectivity index (χ1v) is 4.34. The van der Waals surface area contributed by atoms with E-state index in [1.165, 1.54) is 19.4 Å². The molecule has 1 rings (SSSR count). The van der Waals surface area contributed by atoms with Crippen LogP contribution in [0.4, 0.5) is 0 Å².